The van der Waals surface area contributed by atoms with Crippen LogP contribution in [0.3, 0.4) is 0 Å². The lowest BCUT2D eigenvalue weighted by atomic mass is 9.85. The minimum Gasteiger partial charge on any atom is -0.344 e. The number of hydrogen-bond acceptors (Lipinski definition) is 6. The standard InChI is InChI=1S/C60H82N6O6.CH4/c1-11-41(3)53(67)61-51(59(5,6)7)57(71)65-33-19-25-49(65)39-63(35-31-43-21-15-13-16-22-43)55(69)46-29-27-45-28-30-47(38-48(45)37-46)56(70)64(36-32-44-23-17-14-18-24-44)40-50-26-20-34-66(50)58(72)52(60(8,9)10)62-54(68)42(4)12-2;/h13-18,21-24,27-30,37-38,41-42,49-52H,11-12,19-20,25-26,31-36,39-40H2,1-10H3,(H,61,67)(H,62,68);1H4/t41-,42-,49+,50+,51-,52-;/m1./s1. The molecule has 73 heavy (non-hydrogen) atoms. The number of nitrogens with one attached hydrogen (secondary N) is 2. The van der Waals surface area contributed by atoms with Gasteiger partial charge in [0.25, 0.3) is 11.8 Å². The van der Waals surface area contributed by atoms with Crippen LogP contribution in [0.15, 0.2) is 97.1 Å². The summed E-state index contributed by atoms with van der Waals surface area (Å²) in [4.78, 5) is 92.5. The maximum absolute atomic E-state index is 14.9. The average Bonchev–Trinajstić information content (AvgIpc) is 4.05. The molecule has 396 valence electrons. The summed E-state index contributed by atoms with van der Waals surface area (Å²) in [5, 5.41) is 7.80. The highest BCUT2D eigenvalue weighted by atomic mass is 16.2. The number of fused-ring (bicyclic) bond motifs is 1. The molecule has 4 aromatic carbocycles. The third-order valence-electron chi connectivity index (χ3n) is 15.0. The predicted molar refractivity (Wildman–Crippen MR) is 294 cm³/mol. The molecule has 0 saturated carbocycles. The molecule has 0 radical (unpaired) electrons. The minimum atomic E-state index is -0.714. The summed E-state index contributed by atoms with van der Waals surface area (Å²) in [5.41, 5.74) is 2.11. The third kappa shape index (κ3) is 15.0. The number of carbonyl (C=O) groups is 6. The number of hydrogen-bond donors (Lipinski definition) is 2. The van der Waals surface area contributed by atoms with Crippen LogP contribution >= 0.6 is 0 Å². The fraction of sp³-hybridized carbons (Fsp3) is 0.541. The van der Waals surface area contributed by atoms with Gasteiger partial charge < -0.3 is 30.2 Å². The molecule has 0 aliphatic carbocycles. The zero-order valence-corrected chi connectivity index (χ0v) is 44.8. The summed E-state index contributed by atoms with van der Waals surface area (Å²) in [6, 6.07) is 29.5. The van der Waals surface area contributed by atoms with Crippen LogP contribution in [0.25, 0.3) is 10.8 Å². The molecule has 0 aromatic heterocycles. The zero-order chi connectivity index (χ0) is 52.3. The van der Waals surface area contributed by atoms with Gasteiger partial charge in [0.1, 0.15) is 12.1 Å². The van der Waals surface area contributed by atoms with E-state index in [2.05, 4.69) is 34.9 Å². The number of benzene rings is 4. The van der Waals surface area contributed by atoms with Gasteiger partial charge in [-0.05, 0) is 108 Å². The fourth-order valence-corrected chi connectivity index (χ4v) is 9.96. The first kappa shape index (κ1) is 57.9. The van der Waals surface area contributed by atoms with Gasteiger partial charge in [-0.3, -0.25) is 28.8 Å². The first-order chi connectivity index (χ1) is 34.2. The van der Waals surface area contributed by atoms with E-state index in [4.69, 9.17) is 0 Å². The summed E-state index contributed by atoms with van der Waals surface area (Å²) in [5.74, 6) is -1.28. The molecule has 4 aromatic rings. The van der Waals surface area contributed by atoms with Crippen molar-refractivity contribution in [3.05, 3.63) is 119 Å². The van der Waals surface area contributed by atoms with Crippen molar-refractivity contribution in [2.24, 2.45) is 22.7 Å². The molecule has 12 heteroatoms. The second-order valence-electron chi connectivity index (χ2n) is 22.6. The highest BCUT2D eigenvalue weighted by Gasteiger charge is 2.42. The van der Waals surface area contributed by atoms with Gasteiger partial charge in [-0.1, -0.05) is 149 Å². The van der Waals surface area contributed by atoms with E-state index in [0.29, 0.717) is 76.1 Å². The van der Waals surface area contributed by atoms with Gasteiger partial charge in [-0.25, -0.2) is 0 Å². The van der Waals surface area contributed by atoms with Gasteiger partial charge in [-0.15, -0.1) is 0 Å². The molecule has 0 spiro atoms. The van der Waals surface area contributed by atoms with Gasteiger partial charge in [-0.2, -0.15) is 0 Å². The van der Waals surface area contributed by atoms with Crippen LogP contribution in [0.4, 0.5) is 0 Å². The monoisotopic (exact) mass is 999 g/mol. The Hall–Kier alpha value is -6.04. The lowest BCUT2D eigenvalue weighted by Crippen LogP contribution is -2.57. The van der Waals surface area contributed by atoms with Crippen LogP contribution in [-0.2, 0) is 32.0 Å². The smallest absolute Gasteiger partial charge is 0.253 e. The van der Waals surface area contributed by atoms with E-state index in [0.717, 1.165) is 47.6 Å². The molecular formula is C61H86N6O6. The number of rotatable bonds is 20. The Labute approximate surface area is 437 Å². The molecule has 2 saturated heterocycles. The molecule has 12 nitrogen and oxygen atoms in total. The van der Waals surface area contributed by atoms with Crippen molar-refractivity contribution >= 4 is 46.2 Å². The highest BCUT2D eigenvalue weighted by Crippen LogP contribution is 2.30. The van der Waals surface area contributed by atoms with Crippen molar-refractivity contribution in [2.45, 2.75) is 152 Å². The van der Waals surface area contributed by atoms with Crippen molar-refractivity contribution in [2.75, 3.05) is 39.3 Å². The molecule has 2 heterocycles. The van der Waals surface area contributed by atoms with Crippen molar-refractivity contribution < 1.29 is 28.8 Å². The first-order valence-electron chi connectivity index (χ1n) is 26.6. The molecule has 2 fully saturated rings. The quantitative estimate of drug-likeness (QED) is 0.0904. The van der Waals surface area contributed by atoms with Gasteiger partial charge >= 0.3 is 0 Å². The Morgan fingerprint density at radius 2 is 0.932 bits per heavy atom. The molecule has 2 aliphatic rings. The summed E-state index contributed by atoms with van der Waals surface area (Å²) in [6.07, 6.45) is 5.66. The minimum absolute atomic E-state index is 0. The molecule has 0 bridgehead atoms. The largest absolute Gasteiger partial charge is 0.344 e. The normalized spacial score (nSPS) is 17.5. The maximum atomic E-state index is 14.9. The topological polar surface area (TPSA) is 139 Å². The van der Waals surface area contributed by atoms with Gasteiger partial charge in [0.15, 0.2) is 0 Å². The number of amides is 6. The van der Waals surface area contributed by atoms with Crippen LogP contribution in [0.2, 0.25) is 0 Å². The Morgan fingerprint density at radius 1 is 0.562 bits per heavy atom. The molecule has 6 amide bonds. The highest BCUT2D eigenvalue weighted by molar-refractivity contribution is 6.02. The summed E-state index contributed by atoms with van der Waals surface area (Å²) in [7, 11) is 0. The van der Waals surface area contributed by atoms with Crippen LogP contribution in [0.5, 0.6) is 0 Å². The van der Waals surface area contributed by atoms with Crippen LogP contribution in [-0.4, -0.2) is 118 Å². The molecule has 0 unspecified atom stereocenters. The molecule has 2 aliphatic heterocycles. The van der Waals surface area contributed by atoms with Crippen molar-refractivity contribution in [1.82, 2.24) is 30.2 Å². The van der Waals surface area contributed by atoms with E-state index in [9.17, 15) is 28.8 Å². The van der Waals surface area contributed by atoms with E-state index in [1.54, 1.807) is 0 Å². The summed E-state index contributed by atoms with van der Waals surface area (Å²) in [6.45, 7) is 22.2. The SMILES string of the molecule is C.CC[C@@H](C)C(=O)N[C@H](C(=O)N1CCC[C@H]1CN(CCc1ccccc1)C(=O)c1ccc2ccc(C(=O)N(CCc3ccccc3)C[C@@H]3CCCN3C(=O)[C@@H](NC(=O)[C@H](C)CC)C(C)(C)C)cc2c1)C(C)(C)C. The van der Waals surface area contributed by atoms with E-state index in [-0.39, 0.29) is 66.8 Å². The van der Waals surface area contributed by atoms with E-state index in [1.807, 2.05) is 162 Å². The second-order valence-corrected chi connectivity index (χ2v) is 22.6. The van der Waals surface area contributed by atoms with Crippen LogP contribution < -0.4 is 10.6 Å². The molecule has 6 rings (SSSR count). The average molecular weight is 999 g/mol. The molecule has 6 atom stereocenters. The predicted octanol–water partition coefficient (Wildman–Crippen LogP) is 9.98. The van der Waals surface area contributed by atoms with E-state index >= 15 is 0 Å². The van der Waals surface area contributed by atoms with Gasteiger partial charge in [0, 0.05) is 74.3 Å². The van der Waals surface area contributed by atoms with Crippen LogP contribution in [0.1, 0.15) is 147 Å². The van der Waals surface area contributed by atoms with Crippen LogP contribution in [0, 0.1) is 22.7 Å². The Balaban J connectivity index is 0.00000988. The fourth-order valence-electron chi connectivity index (χ4n) is 9.96. The van der Waals surface area contributed by atoms with Crippen molar-refractivity contribution in [1.29, 1.82) is 0 Å². The van der Waals surface area contributed by atoms with E-state index in [1.165, 1.54) is 0 Å². The maximum Gasteiger partial charge on any atom is 0.253 e. The summed E-state index contributed by atoms with van der Waals surface area (Å²) < 4.78 is 0. The lowest BCUT2D eigenvalue weighted by molar-refractivity contribution is -0.141. The van der Waals surface area contributed by atoms with Gasteiger partial charge in [0.05, 0.1) is 0 Å². The molecule has 2 N–H and O–H groups in total. The van der Waals surface area contributed by atoms with Gasteiger partial charge in [0.2, 0.25) is 23.6 Å². The zero-order valence-electron chi connectivity index (χ0n) is 44.8. The number of likely N-dealkylation sites (tertiary alicyclic amines) is 2. The number of nitrogens with zero attached hydrogens (tertiary/aromatic N) is 4. The first-order valence-corrected chi connectivity index (χ1v) is 26.6. The number of carbonyl (C=O) groups excluding carboxylic acids is 6. The Kier molecular flexibility index (Phi) is 20.4. The lowest BCUT2D eigenvalue weighted by Gasteiger charge is -2.37. The molecular weight excluding hydrogens is 913 g/mol. The Bertz CT molecular complexity index is 2330. The third-order valence-corrected chi connectivity index (χ3v) is 15.0. The Morgan fingerprint density at radius 3 is 1.27 bits per heavy atom. The summed E-state index contributed by atoms with van der Waals surface area (Å²) >= 11 is 0. The van der Waals surface area contributed by atoms with Crippen molar-refractivity contribution in [3.63, 3.8) is 0 Å². The second kappa shape index (κ2) is 25.8. The van der Waals surface area contributed by atoms with Crippen molar-refractivity contribution in [3.8, 4) is 0 Å². The van der Waals surface area contributed by atoms with E-state index < -0.39 is 22.9 Å².